The number of anilines is 3. The van der Waals surface area contributed by atoms with E-state index in [9.17, 15) is 0 Å². The molecule has 2 nitrogen and oxygen atoms in total. The first kappa shape index (κ1) is 38.9. The zero-order valence-electron chi connectivity index (χ0n) is 36.4. The summed E-state index contributed by atoms with van der Waals surface area (Å²) in [4.78, 5) is 2.42. The predicted octanol–water partition coefficient (Wildman–Crippen LogP) is 18.9. The van der Waals surface area contributed by atoms with Crippen molar-refractivity contribution in [1.82, 2.24) is 0 Å². The van der Waals surface area contributed by atoms with E-state index in [1.807, 2.05) is 11.3 Å². The minimum Gasteiger partial charge on any atom is -0.455 e. The van der Waals surface area contributed by atoms with E-state index in [-0.39, 0.29) is 0 Å². The topological polar surface area (TPSA) is 16.4 Å². The molecule has 2 aromatic heterocycles. The van der Waals surface area contributed by atoms with Crippen LogP contribution in [0.5, 0.6) is 0 Å². The molecule has 0 amide bonds. The van der Waals surface area contributed by atoms with Crippen molar-refractivity contribution in [3.8, 4) is 55.6 Å². The molecule has 3 heteroatoms. The zero-order valence-corrected chi connectivity index (χ0v) is 37.3. The lowest BCUT2D eigenvalue weighted by atomic mass is 9.94. The molecule has 0 unspecified atom stereocenters. The summed E-state index contributed by atoms with van der Waals surface area (Å²) in [5.74, 6) is 0. The van der Waals surface area contributed by atoms with Gasteiger partial charge in [-0.2, -0.15) is 0 Å². The van der Waals surface area contributed by atoms with Crippen molar-refractivity contribution in [2.24, 2.45) is 0 Å². The summed E-state index contributed by atoms with van der Waals surface area (Å²) in [7, 11) is 0. The van der Waals surface area contributed by atoms with Crippen molar-refractivity contribution in [3.05, 3.63) is 249 Å². The number of benzene rings is 11. The Hall–Kier alpha value is -8.50. The minimum absolute atomic E-state index is 0.858. The Bertz CT molecular complexity index is 3950. The summed E-state index contributed by atoms with van der Waals surface area (Å²) >= 11 is 1.85. The molecule has 0 N–H and O–H groups in total. The summed E-state index contributed by atoms with van der Waals surface area (Å²) in [5.41, 5.74) is 16.6. The Balaban J connectivity index is 1.00. The van der Waals surface area contributed by atoms with Gasteiger partial charge in [0.25, 0.3) is 0 Å². The van der Waals surface area contributed by atoms with Gasteiger partial charge in [-0.05, 0) is 122 Å². The lowest BCUT2D eigenvalue weighted by Crippen LogP contribution is -2.10. The van der Waals surface area contributed by atoms with Gasteiger partial charge in [0.05, 0.1) is 11.1 Å². The summed E-state index contributed by atoms with van der Waals surface area (Å²) < 4.78 is 9.57. The number of fused-ring (bicyclic) bond motifs is 7. The molecular weight excluding hydrogens is 831 g/mol. The Labute approximate surface area is 392 Å². The van der Waals surface area contributed by atoms with Crippen LogP contribution in [0.15, 0.2) is 253 Å². The molecule has 0 saturated carbocycles. The van der Waals surface area contributed by atoms with Crippen LogP contribution in [0.25, 0.3) is 109 Å². The molecule has 0 aliphatic rings. The largest absolute Gasteiger partial charge is 0.455 e. The quantitative estimate of drug-likeness (QED) is 0.151. The molecule has 2 heterocycles. The Morgan fingerprint density at radius 3 is 1.52 bits per heavy atom. The number of hydrogen-bond donors (Lipinski definition) is 0. The monoisotopic (exact) mass is 871 g/mol. The summed E-state index contributed by atoms with van der Waals surface area (Å²) in [6, 6.07) is 90.0. The number of thiophene rings is 1. The van der Waals surface area contributed by atoms with Crippen LogP contribution in [0.1, 0.15) is 0 Å². The van der Waals surface area contributed by atoms with Crippen LogP contribution >= 0.6 is 11.3 Å². The van der Waals surface area contributed by atoms with Crippen LogP contribution in [0.4, 0.5) is 17.1 Å². The highest BCUT2D eigenvalue weighted by Crippen LogP contribution is 2.48. The maximum atomic E-state index is 7.05. The number of rotatable bonds is 8. The molecular formula is C64H41NOS. The standard InChI is InChI=1S/C64H41NOS/c1-5-14-42(15-6-1)49-29-34-57-60(39-49)66-64-54(46-20-11-4-12-21-46)36-37-59(63(57)64)65(52-32-35-56-55-33-28-50(43-16-7-2-8-17-43)40-61(55)67-62(56)41-52)51-30-26-44(27-31-51)48-25-24-47-22-13-23-53(58(47)38-48)45-18-9-3-10-19-45/h1-41H. The van der Waals surface area contributed by atoms with E-state index in [4.69, 9.17) is 4.42 Å². The maximum Gasteiger partial charge on any atom is 0.145 e. The second-order valence-electron chi connectivity index (χ2n) is 17.2. The molecule has 13 aromatic rings. The van der Waals surface area contributed by atoms with Gasteiger partial charge in [0.2, 0.25) is 0 Å². The van der Waals surface area contributed by atoms with Crippen molar-refractivity contribution in [3.63, 3.8) is 0 Å². The van der Waals surface area contributed by atoms with Crippen LogP contribution in [0.3, 0.4) is 0 Å². The van der Waals surface area contributed by atoms with Gasteiger partial charge in [-0.1, -0.05) is 188 Å². The lowest BCUT2D eigenvalue weighted by molar-refractivity contribution is 0.670. The van der Waals surface area contributed by atoms with Gasteiger partial charge in [0.1, 0.15) is 11.2 Å². The van der Waals surface area contributed by atoms with Gasteiger partial charge in [0.15, 0.2) is 0 Å². The third-order valence-corrected chi connectivity index (χ3v) is 14.4. The normalized spacial score (nSPS) is 11.6. The Morgan fingerprint density at radius 1 is 0.313 bits per heavy atom. The van der Waals surface area contributed by atoms with Gasteiger partial charge >= 0.3 is 0 Å². The van der Waals surface area contributed by atoms with Gasteiger partial charge in [-0.15, -0.1) is 11.3 Å². The van der Waals surface area contributed by atoms with Crippen molar-refractivity contribution >= 4 is 81.3 Å². The van der Waals surface area contributed by atoms with E-state index >= 15 is 0 Å². The smallest absolute Gasteiger partial charge is 0.145 e. The minimum atomic E-state index is 0.858. The molecule has 11 aromatic carbocycles. The van der Waals surface area contributed by atoms with E-state index in [0.29, 0.717) is 0 Å². The second kappa shape index (κ2) is 16.2. The zero-order chi connectivity index (χ0) is 44.3. The van der Waals surface area contributed by atoms with Gasteiger partial charge in [-0.25, -0.2) is 0 Å². The van der Waals surface area contributed by atoms with Crippen LogP contribution < -0.4 is 4.90 Å². The van der Waals surface area contributed by atoms with Crippen LogP contribution in [-0.2, 0) is 0 Å². The van der Waals surface area contributed by atoms with Crippen LogP contribution in [0, 0.1) is 0 Å². The number of nitrogens with zero attached hydrogens (tertiary/aromatic N) is 1. The van der Waals surface area contributed by atoms with E-state index in [2.05, 4.69) is 254 Å². The first-order valence-electron chi connectivity index (χ1n) is 22.8. The van der Waals surface area contributed by atoms with E-state index in [1.165, 1.54) is 58.8 Å². The summed E-state index contributed by atoms with van der Waals surface area (Å²) in [6.45, 7) is 0. The predicted molar refractivity (Wildman–Crippen MR) is 286 cm³/mol. The Kier molecular flexibility index (Phi) is 9.40. The molecule has 0 aliphatic heterocycles. The van der Waals surface area contributed by atoms with Crippen molar-refractivity contribution in [2.75, 3.05) is 4.90 Å². The fourth-order valence-electron chi connectivity index (χ4n) is 9.97. The van der Waals surface area contributed by atoms with Crippen molar-refractivity contribution in [1.29, 1.82) is 0 Å². The summed E-state index contributed by atoms with van der Waals surface area (Å²) in [5, 5.41) is 7.16. The molecule has 0 aliphatic carbocycles. The first-order valence-corrected chi connectivity index (χ1v) is 23.6. The highest BCUT2D eigenvalue weighted by atomic mass is 32.1. The molecule has 0 radical (unpaired) electrons. The van der Waals surface area contributed by atoms with Gasteiger partial charge < -0.3 is 9.32 Å². The van der Waals surface area contributed by atoms with Crippen LogP contribution in [-0.4, -0.2) is 0 Å². The molecule has 0 atom stereocenters. The summed E-state index contributed by atoms with van der Waals surface area (Å²) in [6.07, 6.45) is 0. The molecule has 13 rings (SSSR count). The highest BCUT2D eigenvalue weighted by molar-refractivity contribution is 7.25. The Morgan fingerprint density at radius 2 is 0.836 bits per heavy atom. The second-order valence-corrected chi connectivity index (χ2v) is 18.3. The molecule has 0 fully saturated rings. The third kappa shape index (κ3) is 6.88. The fourth-order valence-corrected chi connectivity index (χ4v) is 11.1. The fraction of sp³-hybridized carbons (Fsp3) is 0. The van der Waals surface area contributed by atoms with Crippen molar-refractivity contribution in [2.45, 2.75) is 0 Å². The van der Waals surface area contributed by atoms with Crippen molar-refractivity contribution < 1.29 is 4.42 Å². The van der Waals surface area contributed by atoms with Gasteiger partial charge in [0, 0.05) is 42.5 Å². The molecule has 67 heavy (non-hydrogen) atoms. The third-order valence-electron chi connectivity index (χ3n) is 13.3. The average molecular weight is 872 g/mol. The van der Waals surface area contributed by atoms with Gasteiger partial charge in [-0.3, -0.25) is 0 Å². The van der Waals surface area contributed by atoms with E-state index < -0.39 is 0 Å². The first-order chi connectivity index (χ1) is 33.2. The lowest BCUT2D eigenvalue weighted by Gasteiger charge is -2.27. The average Bonchev–Trinajstić information content (AvgIpc) is 3.98. The van der Waals surface area contributed by atoms with E-state index in [1.54, 1.807) is 0 Å². The highest BCUT2D eigenvalue weighted by Gasteiger charge is 2.23. The number of hydrogen-bond acceptors (Lipinski definition) is 3. The SMILES string of the molecule is c1ccc(-c2ccc3c(c2)oc2c(-c4ccccc4)ccc(N(c4ccc(-c5ccc6cccc(-c7ccccc7)c6c5)cc4)c4ccc5c(c4)sc4cc(-c6ccccc6)ccc45)c23)cc1. The molecule has 0 spiro atoms. The molecule has 314 valence electrons. The maximum absolute atomic E-state index is 7.05. The number of furan rings is 1. The van der Waals surface area contributed by atoms with E-state index in [0.717, 1.165) is 66.8 Å². The van der Waals surface area contributed by atoms with Crippen LogP contribution in [0.2, 0.25) is 0 Å². The molecule has 0 saturated heterocycles. The molecule has 0 bridgehead atoms.